The van der Waals surface area contributed by atoms with Crippen LogP contribution in [-0.4, -0.2) is 12.1 Å². The van der Waals surface area contributed by atoms with Crippen LogP contribution in [0, 0.1) is 0 Å². The van der Waals surface area contributed by atoms with Crippen LogP contribution < -0.4 is 5.43 Å². The van der Waals surface area contributed by atoms with Crippen molar-refractivity contribution in [2.24, 2.45) is 5.10 Å². The van der Waals surface area contributed by atoms with Crippen molar-refractivity contribution < 1.29 is 4.79 Å². The van der Waals surface area contributed by atoms with E-state index >= 15 is 0 Å². The van der Waals surface area contributed by atoms with Crippen LogP contribution in [-0.2, 0) is 11.2 Å². The normalized spacial score (nSPS) is 11.0. The average Bonchev–Trinajstić information content (AvgIpc) is 2.61. The predicted octanol–water partition coefficient (Wildman–Crippen LogP) is 5.64. The van der Waals surface area contributed by atoms with Crippen LogP contribution in [0.4, 0.5) is 0 Å². The molecular formula is C21H34N2O. The molecule has 0 unspecified atom stereocenters. The van der Waals surface area contributed by atoms with E-state index in [0.717, 1.165) is 25.7 Å². The predicted molar refractivity (Wildman–Crippen MR) is 103 cm³/mol. The molecular weight excluding hydrogens is 296 g/mol. The van der Waals surface area contributed by atoms with E-state index in [9.17, 15) is 4.79 Å². The van der Waals surface area contributed by atoms with Crippen molar-refractivity contribution in [2.45, 2.75) is 84.0 Å². The molecule has 1 rings (SSSR count). The summed E-state index contributed by atoms with van der Waals surface area (Å²) < 4.78 is 0. The molecule has 1 aromatic carbocycles. The second-order valence-corrected chi connectivity index (χ2v) is 6.45. The van der Waals surface area contributed by atoms with Crippen molar-refractivity contribution in [1.82, 2.24) is 5.43 Å². The number of unbranched alkanes of at least 4 members (excludes halogenated alkanes) is 8. The molecule has 0 saturated heterocycles. The Morgan fingerprint density at radius 3 is 2.25 bits per heavy atom. The van der Waals surface area contributed by atoms with Gasteiger partial charge in [0.15, 0.2) is 0 Å². The zero-order chi connectivity index (χ0) is 17.3. The summed E-state index contributed by atoms with van der Waals surface area (Å²) in [6, 6.07) is 10.3. The first-order valence-electron chi connectivity index (χ1n) is 9.67. The van der Waals surface area contributed by atoms with Gasteiger partial charge in [-0.05, 0) is 24.8 Å². The summed E-state index contributed by atoms with van der Waals surface area (Å²) >= 11 is 0. The highest BCUT2D eigenvalue weighted by atomic mass is 16.2. The first kappa shape index (κ1) is 20.4. The van der Waals surface area contributed by atoms with E-state index in [4.69, 9.17) is 0 Å². The molecule has 0 aliphatic heterocycles. The third-order valence-electron chi connectivity index (χ3n) is 4.19. The monoisotopic (exact) mass is 330 g/mol. The van der Waals surface area contributed by atoms with Crippen molar-refractivity contribution in [3.05, 3.63) is 35.9 Å². The van der Waals surface area contributed by atoms with Crippen molar-refractivity contribution in [2.75, 3.05) is 0 Å². The summed E-state index contributed by atoms with van der Waals surface area (Å²) in [5, 5.41) is 4.02. The van der Waals surface area contributed by atoms with Gasteiger partial charge in [0.05, 0.1) is 0 Å². The van der Waals surface area contributed by atoms with Crippen molar-refractivity contribution in [1.29, 1.82) is 0 Å². The Kier molecular flexibility index (Phi) is 12.7. The van der Waals surface area contributed by atoms with Crippen LogP contribution in [0.5, 0.6) is 0 Å². The second-order valence-electron chi connectivity index (χ2n) is 6.45. The van der Waals surface area contributed by atoms with E-state index in [1.807, 2.05) is 18.2 Å². The third-order valence-corrected chi connectivity index (χ3v) is 4.19. The topological polar surface area (TPSA) is 41.5 Å². The largest absolute Gasteiger partial charge is 0.273 e. The van der Waals surface area contributed by atoms with Gasteiger partial charge >= 0.3 is 0 Å². The molecule has 0 atom stereocenters. The number of hydrazone groups is 1. The highest BCUT2D eigenvalue weighted by molar-refractivity contribution is 5.76. The summed E-state index contributed by atoms with van der Waals surface area (Å²) in [5.74, 6) is 0.0360. The van der Waals surface area contributed by atoms with Gasteiger partial charge in [-0.3, -0.25) is 4.79 Å². The molecule has 1 N–H and O–H groups in total. The quantitative estimate of drug-likeness (QED) is 0.267. The van der Waals surface area contributed by atoms with Crippen LogP contribution in [0.1, 0.15) is 83.1 Å². The molecule has 24 heavy (non-hydrogen) atoms. The maximum atomic E-state index is 11.7. The molecule has 0 saturated carbocycles. The van der Waals surface area contributed by atoms with E-state index in [-0.39, 0.29) is 5.91 Å². The van der Waals surface area contributed by atoms with Gasteiger partial charge in [-0.25, -0.2) is 5.43 Å². The molecule has 0 aliphatic carbocycles. The van der Waals surface area contributed by atoms with Gasteiger partial charge in [0, 0.05) is 12.6 Å². The Labute approximate surface area is 147 Å². The minimum Gasteiger partial charge on any atom is -0.273 e. The van der Waals surface area contributed by atoms with E-state index in [2.05, 4.69) is 29.6 Å². The second kappa shape index (κ2) is 14.9. The van der Waals surface area contributed by atoms with Crippen molar-refractivity contribution in [3.63, 3.8) is 0 Å². The first-order valence-corrected chi connectivity index (χ1v) is 9.67. The highest BCUT2D eigenvalue weighted by Crippen LogP contribution is 2.10. The lowest BCUT2D eigenvalue weighted by Gasteiger charge is -2.02. The lowest BCUT2D eigenvalue weighted by Crippen LogP contribution is -2.16. The lowest BCUT2D eigenvalue weighted by molar-refractivity contribution is -0.121. The Morgan fingerprint density at radius 2 is 1.58 bits per heavy atom. The molecule has 0 radical (unpaired) electrons. The fraction of sp³-hybridized carbons (Fsp3) is 0.619. The van der Waals surface area contributed by atoms with E-state index in [1.165, 1.54) is 50.5 Å². The van der Waals surface area contributed by atoms with Gasteiger partial charge in [0.1, 0.15) is 0 Å². The fourth-order valence-electron chi connectivity index (χ4n) is 2.71. The summed E-state index contributed by atoms with van der Waals surface area (Å²) in [6.07, 6.45) is 15.6. The molecule has 1 aromatic rings. The molecule has 134 valence electrons. The molecule has 0 fully saturated rings. The molecule has 0 heterocycles. The number of carbonyl (C=O) groups is 1. The Balaban J connectivity index is 1.90. The minimum atomic E-state index is 0.0360. The summed E-state index contributed by atoms with van der Waals surface area (Å²) in [5.41, 5.74) is 3.92. The van der Waals surface area contributed by atoms with Gasteiger partial charge < -0.3 is 0 Å². The number of aryl methyl sites for hydroxylation is 1. The summed E-state index contributed by atoms with van der Waals surface area (Å²) in [4.78, 5) is 11.7. The first-order chi connectivity index (χ1) is 11.8. The van der Waals surface area contributed by atoms with Crippen LogP contribution in [0.3, 0.4) is 0 Å². The van der Waals surface area contributed by atoms with Gasteiger partial charge in [-0.2, -0.15) is 5.10 Å². The minimum absolute atomic E-state index is 0.0360. The van der Waals surface area contributed by atoms with Gasteiger partial charge in [0.25, 0.3) is 0 Å². The van der Waals surface area contributed by atoms with Crippen LogP contribution in [0.2, 0.25) is 0 Å². The lowest BCUT2D eigenvalue weighted by atomic mass is 10.1. The molecule has 0 bridgehead atoms. The summed E-state index contributed by atoms with van der Waals surface area (Å²) in [6.45, 7) is 2.25. The van der Waals surface area contributed by atoms with E-state index in [0.29, 0.717) is 6.42 Å². The fourth-order valence-corrected chi connectivity index (χ4v) is 2.71. The van der Waals surface area contributed by atoms with E-state index < -0.39 is 0 Å². The summed E-state index contributed by atoms with van der Waals surface area (Å²) in [7, 11) is 0. The number of nitrogens with zero attached hydrogens (tertiary/aromatic N) is 1. The number of nitrogens with one attached hydrogen (secondary N) is 1. The number of amides is 1. The van der Waals surface area contributed by atoms with Crippen LogP contribution >= 0.6 is 0 Å². The molecule has 0 spiro atoms. The van der Waals surface area contributed by atoms with Crippen LogP contribution in [0.15, 0.2) is 35.4 Å². The molecule has 0 aromatic heterocycles. The highest BCUT2D eigenvalue weighted by Gasteiger charge is 1.99. The Hall–Kier alpha value is -1.64. The number of hydrogen-bond acceptors (Lipinski definition) is 2. The number of rotatable bonds is 14. The van der Waals surface area contributed by atoms with Gasteiger partial charge in [-0.15, -0.1) is 0 Å². The van der Waals surface area contributed by atoms with Crippen LogP contribution in [0.25, 0.3) is 0 Å². The number of benzene rings is 1. The average molecular weight is 331 g/mol. The number of carbonyl (C=O) groups excluding carboxylic acids is 1. The number of hydrogen-bond donors (Lipinski definition) is 1. The Bertz CT molecular complexity index is 442. The van der Waals surface area contributed by atoms with E-state index in [1.54, 1.807) is 6.21 Å². The van der Waals surface area contributed by atoms with Crippen molar-refractivity contribution in [3.8, 4) is 0 Å². The zero-order valence-corrected chi connectivity index (χ0v) is 15.3. The maximum Gasteiger partial charge on any atom is 0.240 e. The molecule has 3 heteroatoms. The standard InChI is InChI=1S/C21H34N2O/c1-2-3-4-5-6-7-8-9-13-18-21(24)23-22-19-14-17-20-15-11-10-12-16-20/h10-12,15-16,19H,2-9,13-14,17-18H2,1H3,(H,23,24)/b22-19-. The molecule has 0 aliphatic rings. The zero-order valence-electron chi connectivity index (χ0n) is 15.3. The third kappa shape index (κ3) is 11.9. The Morgan fingerprint density at radius 1 is 0.958 bits per heavy atom. The SMILES string of the molecule is CCCCCCCCCCCC(=O)N/N=C\CCc1ccccc1. The van der Waals surface area contributed by atoms with Gasteiger partial charge in [-0.1, -0.05) is 88.6 Å². The maximum absolute atomic E-state index is 11.7. The molecule has 3 nitrogen and oxygen atoms in total. The van der Waals surface area contributed by atoms with Crippen molar-refractivity contribution >= 4 is 12.1 Å². The van der Waals surface area contributed by atoms with Gasteiger partial charge in [0.2, 0.25) is 5.91 Å². The smallest absolute Gasteiger partial charge is 0.240 e. The molecule has 1 amide bonds.